The van der Waals surface area contributed by atoms with Gasteiger partial charge in [-0.05, 0) is 109 Å². The number of unbranched alkanes of at least 4 members (excludes halogenated alkanes) is 25. The highest BCUT2D eigenvalue weighted by Crippen LogP contribution is 2.15. The quantitative estimate of drug-likeness (QED) is 0.0261. The topological polar surface area (TPSA) is 78.9 Å². The zero-order valence-corrected chi connectivity index (χ0v) is 49.5. The minimum Gasteiger partial charge on any atom is -0.462 e. The molecule has 0 aromatic heterocycles. The molecule has 0 aliphatic heterocycles. The van der Waals surface area contributed by atoms with E-state index in [2.05, 4.69) is 142 Å². The van der Waals surface area contributed by atoms with Crippen LogP contribution in [-0.2, 0) is 28.6 Å². The Balaban J connectivity index is 4.18. The molecule has 1 unspecified atom stereocenters. The van der Waals surface area contributed by atoms with Crippen molar-refractivity contribution in [3.05, 3.63) is 122 Å². The summed E-state index contributed by atoms with van der Waals surface area (Å²) in [6.07, 6.45) is 87.9. The Morgan fingerprint density at radius 2 is 0.539 bits per heavy atom. The number of hydrogen-bond acceptors (Lipinski definition) is 6. The smallest absolute Gasteiger partial charge is 0.306 e. The van der Waals surface area contributed by atoms with Crippen molar-refractivity contribution in [2.45, 2.75) is 290 Å². The van der Waals surface area contributed by atoms with E-state index in [1.165, 1.54) is 109 Å². The Bertz CT molecular complexity index is 1590. The first-order valence-electron chi connectivity index (χ1n) is 31.5. The summed E-state index contributed by atoms with van der Waals surface area (Å²) in [5.74, 6) is -0.903. The molecule has 0 spiro atoms. The van der Waals surface area contributed by atoms with Gasteiger partial charge in [0, 0.05) is 19.3 Å². The number of ether oxygens (including phenoxy) is 3. The first kappa shape index (κ1) is 71.8. The number of allylic oxidation sites excluding steroid dienone is 20. The van der Waals surface area contributed by atoms with Crippen molar-refractivity contribution in [2.75, 3.05) is 13.2 Å². The Morgan fingerprint density at radius 3 is 0.868 bits per heavy atom. The second kappa shape index (κ2) is 63.3. The highest BCUT2D eigenvalue weighted by molar-refractivity contribution is 5.71. The predicted molar refractivity (Wildman–Crippen MR) is 330 cm³/mol. The van der Waals surface area contributed by atoms with Crippen LogP contribution in [0.1, 0.15) is 284 Å². The van der Waals surface area contributed by atoms with Crippen LogP contribution in [0.2, 0.25) is 0 Å². The van der Waals surface area contributed by atoms with Gasteiger partial charge in [0.1, 0.15) is 13.2 Å². The lowest BCUT2D eigenvalue weighted by atomic mass is 10.0. The molecular formula is C70H116O6. The van der Waals surface area contributed by atoms with Crippen LogP contribution >= 0.6 is 0 Å². The van der Waals surface area contributed by atoms with Crippen LogP contribution < -0.4 is 0 Å². The summed E-state index contributed by atoms with van der Waals surface area (Å²) in [5.41, 5.74) is 0. The van der Waals surface area contributed by atoms with E-state index in [9.17, 15) is 14.4 Å². The van der Waals surface area contributed by atoms with Gasteiger partial charge < -0.3 is 14.2 Å². The molecule has 0 rings (SSSR count). The van der Waals surface area contributed by atoms with E-state index >= 15 is 0 Å². The number of rotatable bonds is 56. The zero-order chi connectivity index (χ0) is 55.0. The van der Waals surface area contributed by atoms with Crippen LogP contribution in [-0.4, -0.2) is 37.2 Å². The third kappa shape index (κ3) is 60.7. The second-order valence-electron chi connectivity index (χ2n) is 20.6. The van der Waals surface area contributed by atoms with Crippen LogP contribution in [0.5, 0.6) is 0 Å². The molecule has 6 nitrogen and oxygen atoms in total. The first-order chi connectivity index (χ1) is 37.5. The molecule has 432 valence electrons. The van der Waals surface area contributed by atoms with Crippen molar-refractivity contribution in [2.24, 2.45) is 0 Å². The van der Waals surface area contributed by atoms with Gasteiger partial charge in [-0.15, -0.1) is 0 Å². The summed E-state index contributed by atoms with van der Waals surface area (Å²) in [6.45, 7) is 6.45. The molecule has 76 heavy (non-hydrogen) atoms. The van der Waals surface area contributed by atoms with Crippen LogP contribution in [0.15, 0.2) is 122 Å². The first-order valence-corrected chi connectivity index (χ1v) is 31.5. The molecule has 0 saturated carbocycles. The van der Waals surface area contributed by atoms with E-state index in [-0.39, 0.29) is 31.1 Å². The molecule has 0 aliphatic rings. The summed E-state index contributed by atoms with van der Waals surface area (Å²) >= 11 is 0. The average Bonchev–Trinajstić information content (AvgIpc) is 3.42. The van der Waals surface area contributed by atoms with Crippen molar-refractivity contribution in [1.82, 2.24) is 0 Å². The molecule has 0 N–H and O–H groups in total. The van der Waals surface area contributed by atoms with Crippen molar-refractivity contribution in [3.63, 3.8) is 0 Å². The minimum absolute atomic E-state index is 0.0848. The molecule has 0 saturated heterocycles. The Labute approximate surface area is 469 Å². The van der Waals surface area contributed by atoms with Gasteiger partial charge in [-0.25, -0.2) is 0 Å². The summed E-state index contributed by atoms with van der Waals surface area (Å²) in [5, 5.41) is 0. The largest absolute Gasteiger partial charge is 0.462 e. The van der Waals surface area contributed by atoms with Gasteiger partial charge in [0.2, 0.25) is 0 Å². The minimum atomic E-state index is -0.785. The lowest BCUT2D eigenvalue weighted by Gasteiger charge is -2.18. The van der Waals surface area contributed by atoms with E-state index in [0.29, 0.717) is 19.3 Å². The van der Waals surface area contributed by atoms with E-state index in [0.717, 1.165) is 135 Å². The fraction of sp³-hybridized carbons (Fsp3) is 0.671. The maximum Gasteiger partial charge on any atom is 0.306 e. The fourth-order valence-electron chi connectivity index (χ4n) is 8.50. The molecule has 0 radical (unpaired) electrons. The number of hydrogen-bond donors (Lipinski definition) is 0. The van der Waals surface area contributed by atoms with Crippen molar-refractivity contribution in [3.8, 4) is 0 Å². The van der Waals surface area contributed by atoms with Gasteiger partial charge >= 0.3 is 17.9 Å². The maximum atomic E-state index is 12.8. The van der Waals surface area contributed by atoms with Crippen molar-refractivity contribution in [1.29, 1.82) is 0 Å². The van der Waals surface area contributed by atoms with E-state index in [4.69, 9.17) is 14.2 Å². The highest BCUT2D eigenvalue weighted by atomic mass is 16.6. The van der Waals surface area contributed by atoms with E-state index in [1.54, 1.807) is 0 Å². The molecule has 6 heteroatoms. The maximum absolute atomic E-state index is 12.8. The monoisotopic (exact) mass is 1050 g/mol. The molecular weight excluding hydrogens is 937 g/mol. The summed E-state index contributed by atoms with van der Waals surface area (Å²) in [7, 11) is 0. The van der Waals surface area contributed by atoms with Crippen molar-refractivity contribution >= 4 is 17.9 Å². The molecule has 0 fully saturated rings. The third-order valence-corrected chi connectivity index (χ3v) is 13.2. The Kier molecular flexibility index (Phi) is 59.9. The van der Waals surface area contributed by atoms with Crippen LogP contribution in [0, 0.1) is 0 Å². The Morgan fingerprint density at radius 1 is 0.276 bits per heavy atom. The normalized spacial score (nSPS) is 12.9. The fourth-order valence-corrected chi connectivity index (χ4v) is 8.50. The molecule has 0 aliphatic carbocycles. The number of carbonyl (C=O) groups is 3. The molecule has 0 aromatic rings. The zero-order valence-electron chi connectivity index (χ0n) is 49.5. The average molecular weight is 1050 g/mol. The lowest BCUT2D eigenvalue weighted by molar-refractivity contribution is -0.167. The molecule has 0 amide bonds. The molecule has 0 bridgehead atoms. The standard InChI is InChI=1S/C70H116O6/c1-4-7-10-13-16-19-22-24-25-26-27-28-29-30-31-32-33-34-35-36-37-38-39-40-41-42-43-44-45-47-48-51-54-57-60-63-69(72)75-66-67(65-74-68(71)62-59-56-53-50-21-18-15-12-9-6-3)76-70(73)64-61-58-55-52-49-46-23-20-17-14-11-8-5-2/h7,10,12,15-16,19,24-25,27-28,30-31,33-34,36-37,39-40,42-43,67H,4-6,8-9,11,13-14,17-18,20-23,26,29,32,35,38,41,44-66H2,1-3H3/b10-7-,15-12-,19-16-,25-24-,28-27-,31-30-,34-33-,37-36-,40-39-,43-42-. The van der Waals surface area contributed by atoms with Gasteiger partial charge in [0.15, 0.2) is 6.10 Å². The summed E-state index contributed by atoms with van der Waals surface area (Å²) < 4.78 is 16.8. The van der Waals surface area contributed by atoms with Gasteiger partial charge in [-0.3, -0.25) is 14.4 Å². The highest BCUT2D eigenvalue weighted by Gasteiger charge is 2.19. The van der Waals surface area contributed by atoms with Crippen LogP contribution in [0.25, 0.3) is 0 Å². The Hall–Kier alpha value is -4.19. The van der Waals surface area contributed by atoms with Crippen molar-refractivity contribution < 1.29 is 28.6 Å². The molecule has 0 heterocycles. The SMILES string of the molecule is CC/C=C\C/C=C\C/C=C\C/C=C\C/C=C\C/C=C\C/C=C\C/C=C\C/C=C\CCCCCCCCCC(=O)OCC(COC(=O)CCCCCCC/C=C\CCC)OC(=O)CCCCCCCCCCCCCCC. The van der Waals surface area contributed by atoms with Gasteiger partial charge in [-0.2, -0.15) is 0 Å². The van der Waals surface area contributed by atoms with E-state index < -0.39 is 6.10 Å². The van der Waals surface area contributed by atoms with E-state index in [1.807, 2.05) is 0 Å². The number of carbonyl (C=O) groups excluding carboxylic acids is 3. The van der Waals surface area contributed by atoms with Gasteiger partial charge in [0.05, 0.1) is 0 Å². The van der Waals surface area contributed by atoms with Crippen LogP contribution in [0.4, 0.5) is 0 Å². The predicted octanol–water partition coefficient (Wildman–Crippen LogP) is 21.6. The molecule has 0 aromatic carbocycles. The second-order valence-corrected chi connectivity index (χ2v) is 20.6. The van der Waals surface area contributed by atoms with Gasteiger partial charge in [0.25, 0.3) is 0 Å². The van der Waals surface area contributed by atoms with Gasteiger partial charge in [-0.1, -0.05) is 277 Å². The lowest BCUT2D eigenvalue weighted by Crippen LogP contribution is -2.30. The summed E-state index contributed by atoms with van der Waals surface area (Å²) in [4.78, 5) is 38.1. The van der Waals surface area contributed by atoms with Crippen LogP contribution in [0.3, 0.4) is 0 Å². The molecule has 1 atom stereocenters. The third-order valence-electron chi connectivity index (χ3n) is 13.2. The summed E-state index contributed by atoms with van der Waals surface area (Å²) in [6, 6.07) is 0. The number of esters is 3.